The third-order valence-corrected chi connectivity index (χ3v) is 4.47. The zero-order valence-corrected chi connectivity index (χ0v) is 14.3. The van der Waals surface area contributed by atoms with Crippen LogP contribution in [0.3, 0.4) is 0 Å². The van der Waals surface area contributed by atoms with Gasteiger partial charge in [-0.15, -0.1) is 0 Å². The maximum Gasteiger partial charge on any atom is 0.0426 e. The van der Waals surface area contributed by atoms with Crippen molar-refractivity contribution in [2.24, 2.45) is 0 Å². The molecular weight excluding hydrogens is 304 g/mol. The molecule has 0 N–H and O–H groups in total. The summed E-state index contributed by atoms with van der Waals surface area (Å²) >= 11 is 6.09. The minimum Gasteiger partial charge on any atom is -0.369 e. The fourth-order valence-corrected chi connectivity index (χ4v) is 3.25. The Hall–Kier alpha value is -1.77. The van der Waals surface area contributed by atoms with Gasteiger partial charge in [-0.25, -0.2) is 0 Å². The Bertz CT molecular complexity index is 658. The van der Waals surface area contributed by atoms with E-state index in [1.165, 1.54) is 16.8 Å². The predicted octanol–water partition coefficient (Wildman–Crippen LogP) is 4.57. The first-order valence-electron chi connectivity index (χ1n) is 8.16. The molecule has 1 fully saturated rings. The fourth-order valence-electron chi connectivity index (χ4n) is 3.07. The molecule has 0 aliphatic carbocycles. The van der Waals surface area contributed by atoms with Crippen molar-refractivity contribution in [3.8, 4) is 0 Å². The number of nitrogens with zero attached hydrogens (tertiary/aromatic N) is 2. The number of anilines is 1. The first kappa shape index (κ1) is 16.1. The van der Waals surface area contributed by atoms with Crippen molar-refractivity contribution in [2.45, 2.75) is 6.92 Å². The van der Waals surface area contributed by atoms with Crippen LogP contribution >= 0.6 is 11.6 Å². The molecule has 1 saturated heterocycles. The third-order valence-electron chi connectivity index (χ3n) is 4.23. The van der Waals surface area contributed by atoms with Gasteiger partial charge in [0.2, 0.25) is 0 Å². The van der Waals surface area contributed by atoms with Crippen LogP contribution < -0.4 is 4.90 Å². The van der Waals surface area contributed by atoms with Crippen molar-refractivity contribution in [3.63, 3.8) is 0 Å². The van der Waals surface area contributed by atoms with Gasteiger partial charge in [0.05, 0.1) is 0 Å². The molecule has 1 aliphatic rings. The van der Waals surface area contributed by atoms with Crippen molar-refractivity contribution < 1.29 is 0 Å². The van der Waals surface area contributed by atoms with Crippen molar-refractivity contribution in [1.29, 1.82) is 0 Å². The summed E-state index contributed by atoms with van der Waals surface area (Å²) in [5, 5.41) is 0.812. The fraction of sp³-hybridized carbons (Fsp3) is 0.300. The highest BCUT2D eigenvalue weighted by Crippen LogP contribution is 2.21. The molecule has 2 aromatic rings. The molecule has 3 rings (SSSR count). The van der Waals surface area contributed by atoms with Crippen molar-refractivity contribution >= 4 is 23.4 Å². The highest BCUT2D eigenvalue weighted by Gasteiger charge is 2.17. The van der Waals surface area contributed by atoms with Crippen LogP contribution in [-0.2, 0) is 0 Å². The van der Waals surface area contributed by atoms with Crippen molar-refractivity contribution in [3.05, 3.63) is 70.8 Å². The van der Waals surface area contributed by atoms with E-state index in [2.05, 4.69) is 65.3 Å². The Morgan fingerprint density at radius 2 is 1.74 bits per heavy atom. The van der Waals surface area contributed by atoms with Crippen LogP contribution in [0.15, 0.2) is 60.2 Å². The van der Waals surface area contributed by atoms with E-state index in [4.69, 9.17) is 11.6 Å². The number of piperazine rings is 1. The molecular formula is C20H23ClN2. The standard InChI is InChI=1S/C20H23ClN2/c1-17(14-18-6-3-2-4-7-18)16-22-10-12-23(13-11-22)20-9-5-8-19(21)15-20/h2-9,14-15H,10-13,16H2,1H3/b17-14-. The summed E-state index contributed by atoms with van der Waals surface area (Å²) in [6, 6.07) is 18.7. The molecule has 3 heteroatoms. The average Bonchev–Trinajstić information content (AvgIpc) is 2.56. The maximum absolute atomic E-state index is 6.09. The monoisotopic (exact) mass is 326 g/mol. The lowest BCUT2D eigenvalue weighted by Crippen LogP contribution is -2.46. The minimum absolute atomic E-state index is 0.812. The Balaban J connectivity index is 1.54. The lowest BCUT2D eigenvalue weighted by Gasteiger charge is -2.36. The molecule has 0 spiro atoms. The molecule has 1 aliphatic heterocycles. The van der Waals surface area contributed by atoms with Crippen LogP contribution in [0.2, 0.25) is 5.02 Å². The van der Waals surface area contributed by atoms with E-state index >= 15 is 0 Å². The zero-order valence-electron chi connectivity index (χ0n) is 13.6. The summed E-state index contributed by atoms with van der Waals surface area (Å²) in [7, 11) is 0. The molecule has 23 heavy (non-hydrogen) atoms. The molecule has 0 saturated carbocycles. The van der Waals surface area contributed by atoms with E-state index in [1.807, 2.05) is 12.1 Å². The van der Waals surface area contributed by atoms with E-state index in [1.54, 1.807) is 0 Å². The van der Waals surface area contributed by atoms with Crippen LogP contribution in [0.25, 0.3) is 6.08 Å². The highest BCUT2D eigenvalue weighted by atomic mass is 35.5. The number of rotatable bonds is 4. The van der Waals surface area contributed by atoms with Gasteiger partial charge in [-0.3, -0.25) is 4.90 Å². The summed E-state index contributed by atoms with van der Waals surface area (Å²) in [5.41, 5.74) is 3.92. The molecule has 0 aromatic heterocycles. The van der Waals surface area contributed by atoms with Crippen LogP contribution in [0, 0.1) is 0 Å². The molecule has 0 atom stereocenters. The first-order valence-corrected chi connectivity index (χ1v) is 8.53. The van der Waals surface area contributed by atoms with Gasteiger partial charge < -0.3 is 4.90 Å². The Kier molecular flexibility index (Phi) is 5.37. The lowest BCUT2D eigenvalue weighted by molar-refractivity contribution is 0.279. The molecule has 2 nitrogen and oxygen atoms in total. The highest BCUT2D eigenvalue weighted by molar-refractivity contribution is 6.30. The lowest BCUT2D eigenvalue weighted by atomic mass is 10.1. The largest absolute Gasteiger partial charge is 0.369 e. The number of halogens is 1. The molecule has 0 amide bonds. The van der Waals surface area contributed by atoms with Gasteiger partial charge in [0.15, 0.2) is 0 Å². The Labute approximate surface area is 144 Å². The zero-order chi connectivity index (χ0) is 16.1. The second-order valence-electron chi connectivity index (χ2n) is 6.14. The van der Waals surface area contributed by atoms with Gasteiger partial charge >= 0.3 is 0 Å². The second-order valence-corrected chi connectivity index (χ2v) is 6.58. The van der Waals surface area contributed by atoms with Crippen molar-refractivity contribution in [1.82, 2.24) is 4.90 Å². The third kappa shape index (κ3) is 4.60. The quantitative estimate of drug-likeness (QED) is 0.812. The first-order chi connectivity index (χ1) is 11.2. The summed E-state index contributed by atoms with van der Waals surface area (Å²) in [5.74, 6) is 0. The van der Waals surface area contributed by atoms with Gasteiger partial charge in [0.25, 0.3) is 0 Å². The summed E-state index contributed by atoms with van der Waals surface area (Å²) in [6.45, 7) is 7.55. The normalized spacial score (nSPS) is 16.6. The van der Waals surface area contributed by atoms with E-state index in [9.17, 15) is 0 Å². The van der Waals surface area contributed by atoms with Crippen LogP contribution in [0.5, 0.6) is 0 Å². The molecule has 120 valence electrons. The van der Waals surface area contributed by atoms with Gasteiger partial charge in [0.1, 0.15) is 0 Å². The smallest absolute Gasteiger partial charge is 0.0426 e. The van der Waals surface area contributed by atoms with Gasteiger partial charge in [-0.1, -0.05) is 59.6 Å². The minimum atomic E-state index is 0.812. The van der Waals surface area contributed by atoms with E-state index in [-0.39, 0.29) is 0 Å². The van der Waals surface area contributed by atoms with Crippen LogP contribution in [0.4, 0.5) is 5.69 Å². The average molecular weight is 327 g/mol. The summed E-state index contributed by atoms with van der Waals surface area (Å²) < 4.78 is 0. The van der Waals surface area contributed by atoms with Crippen LogP contribution in [0.1, 0.15) is 12.5 Å². The molecule has 2 aromatic carbocycles. The molecule has 0 radical (unpaired) electrons. The van der Waals surface area contributed by atoms with E-state index in [0.717, 1.165) is 37.7 Å². The van der Waals surface area contributed by atoms with Crippen LogP contribution in [-0.4, -0.2) is 37.6 Å². The van der Waals surface area contributed by atoms with Gasteiger partial charge in [-0.05, 0) is 30.7 Å². The van der Waals surface area contributed by atoms with Gasteiger partial charge in [0, 0.05) is 43.4 Å². The van der Waals surface area contributed by atoms with Crippen molar-refractivity contribution in [2.75, 3.05) is 37.6 Å². The molecule has 1 heterocycles. The van der Waals surface area contributed by atoms with E-state index in [0.29, 0.717) is 0 Å². The Morgan fingerprint density at radius 1 is 1.00 bits per heavy atom. The summed E-state index contributed by atoms with van der Waals surface area (Å²) in [4.78, 5) is 4.94. The number of hydrogen-bond acceptors (Lipinski definition) is 2. The SMILES string of the molecule is C/C(=C/c1ccccc1)CN1CCN(c2cccc(Cl)c2)CC1. The second kappa shape index (κ2) is 7.67. The predicted molar refractivity (Wildman–Crippen MR) is 100 cm³/mol. The number of benzene rings is 2. The maximum atomic E-state index is 6.09. The molecule has 0 unspecified atom stereocenters. The summed E-state index contributed by atoms with van der Waals surface area (Å²) in [6.07, 6.45) is 2.28. The molecule has 0 bridgehead atoms. The van der Waals surface area contributed by atoms with Gasteiger partial charge in [-0.2, -0.15) is 0 Å². The topological polar surface area (TPSA) is 6.48 Å². The van der Waals surface area contributed by atoms with E-state index < -0.39 is 0 Å². The Morgan fingerprint density at radius 3 is 2.43 bits per heavy atom. The number of hydrogen-bond donors (Lipinski definition) is 0.